The lowest BCUT2D eigenvalue weighted by Crippen LogP contribution is -2.38. The number of aromatic amines is 1. The van der Waals surface area contributed by atoms with Gasteiger partial charge in [0, 0.05) is 49.0 Å². The Kier molecular flexibility index (Phi) is 8.34. The van der Waals surface area contributed by atoms with E-state index in [1.54, 1.807) is 0 Å². The van der Waals surface area contributed by atoms with E-state index in [-0.39, 0.29) is 29.8 Å². The van der Waals surface area contributed by atoms with Crippen LogP contribution in [0, 0.1) is 5.82 Å². The maximum absolute atomic E-state index is 13.4. The zero-order valence-corrected chi connectivity index (χ0v) is 20.0. The molecule has 164 valence electrons. The molecule has 0 atom stereocenters. The summed E-state index contributed by atoms with van der Waals surface area (Å²) in [6.07, 6.45) is 7.17. The Labute approximate surface area is 199 Å². The molecule has 4 rings (SSSR count). The third-order valence-corrected chi connectivity index (χ3v) is 5.27. The van der Waals surface area contributed by atoms with Gasteiger partial charge in [-0.2, -0.15) is 0 Å². The predicted molar refractivity (Wildman–Crippen MR) is 138 cm³/mol. The zero-order chi connectivity index (χ0) is 20.8. The highest BCUT2D eigenvalue weighted by molar-refractivity contribution is 14.0. The van der Waals surface area contributed by atoms with Gasteiger partial charge < -0.3 is 20.5 Å². The molecule has 0 spiro atoms. The summed E-state index contributed by atoms with van der Waals surface area (Å²) < 4.78 is 13.4. The number of H-pyrrole nitrogens is 1. The molecule has 0 saturated heterocycles. The normalized spacial score (nSPS) is 13.5. The number of halogens is 2. The molecule has 31 heavy (non-hydrogen) atoms. The van der Waals surface area contributed by atoms with Crippen LogP contribution in [-0.4, -0.2) is 37.1 Å². The molecule has 2 aromatic carbocycles. The van der Waals surface area contributed by atoms with Gasteiger partial charge in [-0.3, -0.25) is 0 Å². The first kappa shape index (κ1) is 23.1. The van der Waals surface area contributed by atoms with Crippen molar-refractivity contribution >= 4 is 46.5 Å². The number of aliphatic imine (C=N–C) groups is 1. The minimum Gasteiger partial charge on any atom is -0.364 e. The van der Waals surface area contributed by atoms with Crippen LogP contribution in [-0.2, 0) is 13.0 Å². The van der Waals surface area contributed by atoms with Crippen LogP contribution in [0.5, 0.6) is 0 Å². The van der Waals surface area contributed by atoms with Crippen LogP contribution in [0.2, 0.25) is 0 Å². The second kappa shape index (κ2) is 11.2. The molecule has 3 aromatic rings. The second-order valence-corrected chi connectivity index (χ2v) is 7.42. The molecule has 0 bridgehead atoms. The van der Waals surface area contributed by atoms with E-state index in [1.807, 2.05) is 12.3 Å². The lowest BCUT2D eigenvalue weighted by molar-refractivity contribution is 0.629. The number of anilines is 1. The summed E-state index contributed by atoms with van der Waals surface area (Å²) in [6, 6.07) is 13.4. The van der Waals surface area contributed by atoms with Crippen molar-refractivity contribution in [2.45, 2.75) is 19.9 Å². The fraction of sp³-hybridized carbons (Fsp3) is 0.292. The number of nitrogens with zero attached hydrogens (tertiary/aromatic N) is 2. The van der Waals surface area contributed by atoms with Crippen molar-refractivity contribution in [2.24, 2.45) is 4.99 Å². The van der Waals surface area contributed by atoms with Crippen LogP contribution < -0.4 is 15.5 Å². The molecule has 0 unspecified atom stereocenters. The van der Waals surface area contributed by atoms with Crippen LogP contribution in [0.3, 0.4) is 0 Å². The summed E-state index contributed by atoms with van der Waals surface area (Å²) in [7, 11) is 0. The first-order valence-electron chi connectivity index (χ1n) is 10.5. The lowest BCUT2D eigenvalue weighted by Gasteiger charge is -2.18. The van der Waals surface area contributed by atoms with Gasteiger partial charge in [-0.15, -0.1) is 24.0 Å². The van der Waals surface area contributed by atoms with E-state index in [4.69, 9.17) is 4.99 Å². The molecule has 0 aliphatic carbocycles. The topological polar surface area (TPSA) is 55.5 Å². The molecule has 1 aliphatic heterocycles. The molecule has 5 nitrogen and oxygen atoms in total. The van der Waals surface area contributed by atoms with Gasteiger partial charge in [-0.1, -0.05) is 24.3 Å². The van der Waals surface area contributed by atoms with E-state index in [0.717, 1.165) is 49.5 Å². The molecule has 1 aliphatic rings. The third-order valence-electron chi connectivity index (χ3n) is 5.27. The number of hydrogen-bond donors (Lipinski definition) is 3. The van der Waals surface area contributed by atoms with Crippen molar-refractivity contribution in [3.63, 3.8) is 0 Å². The van der Waals surface area contributed by atoms with Crippen LogP contribution >= 0.6 is 24.0 Å². The monoisotopic (exact) mass is 533 g/mol. The fourth-order valence-electron chi connectivity index (χ4n) is 3.73. The number of aromatic nitrogens is 1. The SMILES string of the molecule is CCNC(=NCc1cccc(N2CC=CC2)c1)NCCc1c[nH]c2cc(F)ccc12.I. The molecular formula is C24H29FIN5. The van der Waals surface area contributed by atoms with Gasteiger partial charge >= 0.3 is 0 Å². The van der Waals surface area contributed by atoms with Crippen molar-refractivity contribution in [3.8, 4) is 0 Å². The van der Waals surface area contributed by atoms with Crippen molar-refractivity contribution in [1.82, 2.24) is 15.6 Å². The summed E-state index contributed by atoms with van der Waals surface area (Å²) in [5.41, 5.74) is 4.43. The molecule has 0 radical (unpaired) electrons. The quantitative estimate of drug-likeness (QED) is 0.180. The molecule has 2 heterocycles. The average Bonchev–Trinajstić information content (AvgIpc) is 3.42. The van der Waals surface area contributed by atoms with Crippen molar-refractivity contribution in [3.05, 3.63) is 77.8 Å². The summed E-state index contributed by atoms with van der Waals surface area (Å²) in [4.78, 5) is 10.2. The Morgan fingerprint density at radius 1 is 1.13 bits per heavy atom. The average molecular weight is 533 g/mol. The largest absolute Gasteiger partial charge is 0.364 e. The maximum atomic E-state index is 13.4. The van der Waals surface area contributed by atoms with Gasteiger partial charge in [0.05, 0.1) is 6.54 Å². The van der Waals surface area contributed by atoms with E-state index >= 15 is 0 Å². The zero-order valence-electron chi connectivity index (χ0n) is 17.7. The highest BCUT2D eigenvalue weighted by Gasteiger charge is 2.08. The summed E-state index contributed by atoms with van der Waals surface area (Å²) >= 11 is 0. The maximum Gasteiger partial charge on any atom is 0.191 e. The summed E-state index contributed by atoms with van der Waals surface area (Å²) in [6.45, 7) is 6.17. The van der Waals surface area contributed by atoms with Gasteiger partial charge in [0.15, 0.2) is 5.96 Å². The predicted octanol–water partition coefficient (Wildman–Crippen LogP) is 4.60. The third kappa shape index (κ3) is 6.00. The molecule has 0 amide bonds. The minimum atomic E-state index is -0.222. The lowest BCUT2D eigenvalue weighted by atomic mass is 10.1. The van der Waals surface area contributed by atoms with Crippen LogP contribution in [0.4, 0.5) is 10.1 Å². The van der Waals surface area contributed by atoms with Crippen molar-refractivity contribution in [2.75, 3.05) is 31.1 Å². The van der Waals surface area contributed by atoms with E-state index in [1.165, 1.54) is 28.9 Å². The highest BCUT2D eigenvalue weighted by Crippen LogP contribution is 2.20. The number of guanidine groups is 1. The minimum absolute atomic E-state index is 0. The Morgan fingerprint density at radius 3 is 2.77 bits per heavy atom. The smallest absolute Gasteiger partial charge is 0.191 e. The summed E-state index contributed by atoms with van der Waals surface area (Å²) in [5.74, 6) is 0.581. The van der Waals surface area contributed by atoms with Crippen LogP contribution in [0.25, 0.3) is 10.9 Å². The Hall–Kier alpha value is -2.55. The molecule has 0 saturated carbocycles. The van der Waals surface area contributed by atoms with Crippen LogP contribution in [0.1, 0.15) is 18.1 Å². The van der Waals surface area contributed by atoms with Gasteiger partial charge in [0.2, 0.25) is 0 Å². The number of hydrogen-bond acceptors (Lipinski definition) is 2. The van der Waals surface area contributed by atoms with Gasteiger partial charge in [0.25, 0.3) is 0 Å². The number of fused-ring (bicyclic) bond motifs is 1. The Bertz CT molecular complexity index is 1050. The second-order valence-electron chi connectivity index (χ2n) is 7.42. The van der Waals surface area contributed by atoms with Gasteiger partial charge in [0.1, 0.15) is 5.82 Å². The van der Waals surface area contributed by atoms with E-state index < -0.39 is 0 Å². The number of rotatable bonds is 7. The van der Waals surface area contributed by atoms with Gasteiger partial charge in [-0.25, -0.2) is 9.38 Å². The number of benzene rings is 2. The molecular weight excluding hydrogens is 504 g/mol. The molecule has 1 aromatic heterocycles. The fourth-order valence-corrected chi connectivity index (χ4v) is 3.73. The van der Waals surface area contributed by atoms with Crippen molar-refractivity contribution in [1.29, 1.82) is 0 Å². The first-order valence-corrected chi connectivity index (χ1v) is 10.5. The molecule has 7 heteroatoms. The van der Waals surface area contributed by atoms with Crippen LogP contribution in [0.15, 0.2) is 65.8 Å². The van der Waals surface area contributed by atoms with Gasteiger partial charge in [-0.05, 0) is 54.8 Å². The van der Waals surface area contributed by atoms with E-state index in [0.29, 0.717) is 6.54 Å². The molecule has 0 fully saturated rings. The number of nitrogens with one attached hydrogen (secondary N) is 3. The standard InChI is InChI=1S/C24H28FN5.HI/c1-2-26-24(27-11-10-19-17-28-23-15-20(25)8-9-22(19)23)29-16-18-6-5-7-21(14-18)30-12-3-4-13-30;/h3-9,14-15,17,28H,2,10-13,16H2,1H3,(H2,26,27,29);1H. The first-order chi connectivity index (χ1) is 14.7. The Balaban J connectivity index is 0.00000272. The highest BCUT2D eigenvalue weighted by atomic mass is 127. The van der Waals surface area contributed by atoms with Crippen molar-refractivity contribution < 1.29 is 4.39 Å². The molecule has 3 N–H and O–H groups in total. The van der Waals surface area contributed by atoms with E-state index in [9.17, 15) is 4.39 Å². The van der Waals surface area contributed by atoms with E-state index in [2.05, 4.69) is 63.9 Å². The Morgan fingerprint density at radius 2 is 1.97 bits per heavy atom. The summed E-state index contributed by atoms with van der Waals surface area (Å²) in [5, 5.41) is 7.78.